The van der Waals surface area contributed by atoms with Crippen molar-refractivity contribution in [3.63, 3.8) is 0 Å². The smallest absolute Gasteiger partial charge is 0.294 e. The van der Waals surface area contributed by atoms with Crippen LogP contribution in [0.5, 0.6) is 0 Å². The maximum absolute atomic E-state index is 12.3. The largest absolute Gasteiger partial charge is 0.351 e. The molecule has 2 aromatic rings. The summed E-state index contributed by atoms with van der Waals surface area (Å²) >= 11 is 0. The predicted octanol–water partition coefficient (Wildman–Crippen LogP) is 2.76. The maximum atomic E-state index is 12.3. The molecule has 0 fully saturated rings. The van der Waals surface area contributed by atoms with Gasteiger partial charge in [0.1, 0.15) is 0 Å². The molecule has 6 heteroatoms. The molecule has 2 rings (SSSR count). The summed E-state index contributed by atoms with van der Waals surface area (Å²) in [5.41, 5.74) is 1.46. The number of nitrogens with one attached hydrogen (secondary N) is 2. The van der Waals surface area contributed by atoms with Gasteiger partial charge < -0.3 is 15.2 Å². The molecule has 2 amide bonds. The molecule has 1 unspecified atom stereocenters. The highest BCUT2D eigenvalue weighted by Crippen LogP contribution is 2.17. The molecule has 0 spiro atoms. The molecular formula is C16H19N3O3. The Labute approximate surface area is 128 Å². The normalized spacial score (nSPS) is 11.8. The Balaban J connectivity index is 2.18. The number of rotatable bonds is 5. The maximum Gasteiger partial charge on any atom is 0.294 e. The van der Waals surface area contributed by atoms with Gasteiger partial charge in [-0.1, -0.05) is 24.2 Å². The van der Waals surface area contributed by atoms with E-state index in [1.54, 1.807) is 31.2 Å². The lowest BCUT2D eigenvalue weighted by Crippen LogP contribution is -2.32. The summed E-state index contributed by atoms with van der Waals surface area (Å²) in [6.07, 6.45) is 0.831. The standard InChI is InChI=1S/C16H19N3O3/c1-4-10(2)17-15(20)12-7-5-6-8-13(12)18-16(21)14-9-11(3)19-22-14/h5-10H,4H2,1-3H3,(H,17,20)(H,18,21). The molecule has 0 radical (unpaired) electrons. The first-order valence-corrected chi connectivity index (χ1v) is 7.15. The van der Waals surface area contributed by atoms with Gasteiger partial charge in [-0.3, -0.25) is 9.59 Å². The van der Waals surface area contributed by atoms with Gasteiger partial charge in [-0.15, -0.1) is 0 Å². The second-order valence-electron chi connectivity index (χ2n) is 5.12. The van der Waals surface area contributed by atoms with Crippen LogP contribution in [-0.2, 0) is 0 Å². The summed E-state index contributed by atoms with van der Waals surface area (Å²) in [5.74, 6) is -0.557. The SMILES string of the molecule is CCC(C)NC(=O)c1ccccc1NC(=O)c1cc(C)no1. The van der Waals surface area contributed by atoms with Crippen molar-refractivity contribution in [3.8, 4) is 0 Å². The Morgan fingerprint density at radius 2 is 2.00 bits per heavy atom. The zero-order chi connectivity index (χ0) is 16.1. The molecule has 6 nitrogen and oxygen atoms in total. The van der Waals surface area contributed by atoms with Crippen LogP contribution < -0.4 is 10.6 Å². The lowest BCUT2D eigenvalue weighted by molar-refractivity contribution is 0.0940. The van der Waals surface area contributed by atoms with E-state index in [-0.39, 0.29) is 17.7 Å². The Morgan fingerprint density at radius 1 is 1.27 bits per heavy atom. The highest BCUT2D eigenvalue weighted by Gasteiger charge is 2.17. The van der Waals surface area contributed by atoms with Gasteiger partial charge in [0.25, 0.3) is 11.8 Å². The molecule has 1 heterocycles. The van der Waals surface area contributed by atoms with E-state index >= 15 is 0 Å². The van der Waals surface area contributed by atoms with Gasteiger partial charge in [-0.05, 0) is 32.4 Å². The van der Waals surface area contributed by atoms with Gasteiger partial charge in [0.05, 0.1) is 16.9 Å². The Hall–Kier alpha value is -2.63. The molecule has 116 valence electrons. The number of amides is 2. The minimum absolute atomic E-state index is 0.0631. The van der Waals surface area contributed by atoms with Crippen LogP contribution >= 0.6 is 0 Å². The third-order valence-corrected chi connectivity index (χ3v) is 3.26. The second kappa shape index (κ2) is 6.89. The van der Waals surface area contributed by atoms with Gasteiger partial charge in [-0.25, -0.2) is 0 Å². The van der Waals surface area contributed by atoms with Gasteiger partial charge in [0.2, 0.25) is 5.76 Å². The Bertz CT molecular complexity index is 679. The molecular weight excluding hydrogens is 282 g/mol. The van der Waals surface area contributed by atoms with Crippen molar-refractivity contribution in [1.29, 1.82) is 0 Å². The van der Waals surface area contributed by atoms with Crippen molar-refractivity contribution in [2.75, 3.05) is 5.32 Å². The molecule has 0 aliphatic rings. The molecule has 0 saturated heterocycles. The average Bonchev–Trinajstić information content (AvgIpc) is 2.94. The highest BCUT2D eigenvalue weighted by molar-refractivity contribution is 6.07. The molecule has 0 aliphatic carbocycles. The number of anilines is 1. The fraction of sp³-hybridized carbons (Fsp3) is 0.312. The first-order chi connectivity index (χ1) is 10.5. The van der Waals surface area contributed by atoms with Crippen LogP contribution in [0.15, 0.2) is 34.9 Å². The summed E-state index contributed by atoms with van der Waals surface area (Å²) in [6, 6.07) is 8.44. The van der Waals surface area contributed by atoms with E-state index < -0.39 is 5.91 Å². The lowest BCUT2D eigenvalue weighted by atomic mass is 10.1. The van der Waals surface area contributed by atoms with Crippen molar-refractivity contribution in [2.24, 2.45) is 0 Å². The van der Waals surface area contributed by atoms with E-state index in [0.29, 0.717) is 16.9 Å². The number of para-hydroxylation sites is 1. The van der Waals surface area contributed by atoms with Crippen LogP contribution in [-0.4, -0.2) is 23.0 Å². The van der Waals surface area contributed by atoms with E-state index in [1.165, 1.54) is 6.07 Å². The summed E-state index contributed by atoms with van der Waals surface area (Å²) in [4.78, 5) is 24.4. The van der Waals surface area contributed by atoms with Crippen LogP contribution in [0.2, 0.25) is 0 Å². The van der Waals surface area contributed by atoms with E-state index in [2.05, 4.69) is 15.8 Å². The number of hydrogen-bond acceptors (Lipinski definition) is 4. The molecule has 1 atom stereocenters. The molecule has 0 saturated carbocycles. The fourth-order valence-electron chi connectivity index (χ4n) is 1.85. The first-order valence-electron chi connectivity index (χ1n) is 7.15. The van der Waals surface area contributed by atoms with E-state index in [4.69, 9.17) is 4.52 Å². The predicted molar refractivity (Wildman–Crippen MR) is 82.9 cm³/mol. The van der Waals surface area contributed by atoms with Gasteiger partial charge in [-0.2, -0.15) is 0 Å². The van der Waals surface area contributed by atoms with Crippen molar-refractivity contribution < 1.29 is 14.1 Å². The fourth-order valence-corrected chi connectivity index (χ4v) is 1.85. The lowest BCUT2D eigenvalue weighted by Gasteiger charge is -2.14. The van der Waals surface area contributed by atoms with Crippen LogP contribution in [0, 0.1) is 6.92 Å². The molecule has 2 N–H and O–H groups in total. The highest BCUT2D eigenvalue weighted by atomic mass is 16.5. The topological polar surface area (TPSA) is 84.2 Å². The van der Waals surface area contributed by atoms with E-state index in [0.717, 1.165) is 6.42 Å². The summed E-state index contributed by atoms with van der Waals surface area (Å²) in [6.45, 7) is 5.65. The average molecular weight is 301 g/mol. The monoisotopic (exact) mass is 301 g/mol. The van der Waals surface area contributed by atoms with Crippen LogP contribution in [0.4, 0.5) is 5.69 Å². The number of benzene rings is 1. The summed E-state index contributed by atoms with van der Waals surface area (Å²) in [5, 5.41) is 9.23. The molecule has 0 aliphatic heterocycles. The quantitative estimate of drug-likeness (QED) is 0.889. The number of carbonyl (C=O) groups is 2. The molecule has 22 heavy (non-hydrogen) atoms. The third-order valence-electron chi connectivity index (χ3n) is 3.26. The zero-order valence-corrected chi connectivity index (χ0v) is 12.8. The van der Waals surface area contributed by atoms with Crippen molar-refractivity contribution in [2.45, 2.75) is 33.2 Å². The van der Waals surface area contributed by atoms with Crippen LogP contribution in [0.25, 0.3) is 0 Å². The van der Waals surface area contributed by atoms with Crippen molar-refractivity contribution >= 4 is 17.5 Å². The molecule has 1 aromatic carbocycles. The Kier molecular flexibility index (Phi) is 4.93. The minimum Gasteiger partial charge on any atom is -0.351 e. The third kappa shape index (κ3) is 3.72. The summed E-state index contributed by atoms with van der Waals surface area (Å²) in [7, 11) is 0. The van der Waals surface area contributed by atoms with Gasteiger partial charge in [0, 0.05) is 12.1 Å². The van der Waals surface area contributed by atoms with Crippen LogP contribution in [0.3, 0.4) is 0 Å². The van der Waals surface area contributed by atoms with Crippen LogP contribution in [0.1, 0.15) is 46.9 Å². The zero-order valence-electron chi connectivity index (χ0n) is 12.8. The number of hydrogen-bond donors (Lipinski definition) is 2. The second-order valence-corrected chi connectivity index (χ2v) is 5.12. The van der Waals surface area contributed by atoms with E-state index in [9.17, 15) is 9.59 Å². The van der Waals surface area contributed by atoms with Crippen molar-refractivity contribution in [3.05, 3.63) is 47.3 Å². The first kappa shape index (κ1) is 15.8. The van der Waals surface area contributed by atoms with E-state index in [1.807, 2.05) is 13.8 Å². The summed E-state index contributed by atoms with van der Waals surface area (Å²) < 4.78 is 4.92. The molecule has 0 bridgehead atoms. The number of aromatic nitrogens is 1. The van der Waals surface area contributed by atoms with Gasteiger partial charge in [0.15, 0.2) is 0 Å². The van der Waals surface area contributed by atoms with Gasteiger partial charge >= 0.3 is 0 Å². The number of carbonyl (C=O) groups excluding carboxylic acids is 2. The minimum atomic E-state index is -0.440. The molecule has 1 aromatic heterocycles. The van der Waals surface area contributed by atoms with Crippen molar-refractivity contribution in [1.82, 2.24) is 10.5 Å². The number of aryl methyl sites for hydroxylation is 1. The Morgan fingerprint density at radius 3 is 2.64 bits per heavy atom. The number of nitrogens with zero attached hydrogens (tertiary/aromatic N) is 1.